The van der Waals surface area contributed by atoms with Crippen LogP contribution in [0.5, 0.6) is 0 Å². The molecule has 3 atom stereocenters. The van der Waals surface area contributed by atoms with Crippen LogP contribution in [0.15, 0.2) is 0 Å². The van der Waals surface area contributed by atoms with Gasteiger partial charge in [-0.25, -0.2) is 0 Å². The van der Waals surface area contributed by atoms with Crippen LogP contribution in [0.4, 0.5) is 0 Å². The molecule has 1 aliphatic rings. The van der Waals surface area contributed by atoms with Gasteiger partial charge in [0, 0.05) is 0 Å². The molecule has 1 aliphatic carbocycles. The Kier molecular flexibility index (Phi) is 2.31. The maximum atomic E-state index is 10.9. The molecule has 0 amide bonds. The molecule has 0 bridgehead atoms. The number of carbonyl (C=O) groups is 2. The van der Waals surface area contributed by atoms with Crippen molar-refractivity contribution in [2.45, 2.75) is 32.2 Å². The largest absolute Gasteiger partial charge is 0.481 e. The van der Waals surface area contributed by atoms with E-state index in [-0.39, 0.29) is 12.3 Å². The minimum atomic E-state index is -1.40. The van der Waals surface area contributed by atoms with Crippen molar-refractivity contribution in [3.63, 3.8) is 0 Å². The van der Waals surface area contributed by atoms with Crippen molar-refractivity contribution in [2.24, 2.45) is 17.1 Å². The maximum Gasteiger partial charge on any atom is 0.323 e. The number of carboxylic acid groups (broad SMARTS) is 2. The molecule has 0 saturated heterocycles. The Morgan fingerprint density at radius 2 is 1.86 bits per heavy atom. The summed E-state index contributed by atoms with van der Waals surface area (Å²) in [4.78, 5) is 21.9. The van der Waals surface area contributed by atoms with Crippen LogP contribution in [0, 0.1) is 11.3 Å². The molecule has 0 radical (unpaired) electrons. The molecule has 0 aromatic carbocycles. The lowest BCUT2D eigenvalue weighted by atomic mass is 9.86. The van der Waals surface area contributed by atoms with Gasteiger partial charge in [0.1, 0.15) is 5.54 Å². The summed E-state index contributed by atoms with van der Waals surface area (Å²) in [5.74, 6) is -2.41. The van der Waals surface area contributed by atoms with Crippen molar-refractivity contribution < 1.29 is 19.8 Å². The molecule has 1 fully saturated rings. The van der Waals surface area contributed by atoms with Crippen molar-refractivity contribution >= 4 is 11.9 Å². The maximum absolute atomic E-state index is 10.9. The summed E-state index contributed by atoms with van der Waals surface area (Å²) in [6.45, 7) is 3.23. The third-order valence-electron chi connectivity index (χ3n) is 3.23. The van der Waals surface area contributed by atoms with E-state index in [0.717, 1.165) is 0 Å². The summed E-state index contributed by atoms with van der Waals surface area (Å²) >= 11 is 0. The predicted molar refractivity (Wildman–Crippen MR) is 48.7 cm³/mol. The molecule has 5 heteroatoms. The summed E-state index contributed by atoms with van der Waals surface area (Å²) in [7, 11) is 0. The molecule has 1 rings (SSSR count). The van der Waals surface area contributed by atoms with Gasteiger partial charge < -0.3 is 15.9 Å². The Labute approximate surface area is 81.9 Å². The predicted octanol–water partition coefficient (Wildman–Crippen LogP) is 0.289. The Hall–Kier alpha value is -1.10. The van der Waals surface area contributed by atoms with Crippen molar-refractivity contribution in [3.8, 4) is 0 Å². The number of carboxylic acids is 2. The standard InChI is InChI=1S/C9H15NO4/c1-5-3-8(2,6(11)12)4-9(5,10)7(13)14/h5H,3-4,10H2,1-2H3,(H,11,12)(H,13,14)/t5-,8+,9-/m0/s1. The van der Waals surface area contributed by atoms with Crippen LogP contribution >= 0.6 is 0 Å². The van der Waals surface area contributed by atoms with Crippen molar-refractivity contribution in [2.75, 3.05) is 0 Å². The molecule has 0 spiro atoms. The Morgan fingerprint density at radius 3 is 2.07 bits per heavy atom. The SMILES string of the molecule is C[C@H]1C[C@@](C)(C(=O)O)C[C@@]1(N)C(=O)O. The molecule has 0 unspecified atom stereocenters. The van der Waals surface area contributed by atoms with Gasteiger partial charge in [-0.2, -0.15) is 0 Å². The monoisotopic (exact) mass is 201 g/mol. The van der Waals surface area contributed by atoms with E-state index in [1.807, 2.05) is 0 Å². The van der Waals surface area contributed by atoms with E-state index >= 15 is 0 Å². The summed E-state index contributed by atoms with van der Waals surface area (Å²) in [6.07, 6.45) is 0.303. The Balaban J connectivity index is 2.99. The Morgan fingerprint density at radius 1 is 1.36 bits per heavy atom. The second kappa shape index (κ2) is 2.95. The molecular formula is C9H15NO4. The van der Waals surface area contributed by atoms with E-state index in [4.69, 9.17) is 15.9 Å². The number of nitrogens with two attached hydrogens (primary N) is 1. The molecule has 1 saturated carbocycles. The van der Waals surface area contributed by atoms with E-state index in [9.17, 15) is 9.59 Å². The summed E-state index contributed by atoms with van der Waals surface area (Å²) < 4.78 is 0. The fraction of sp³-hybridized carbons (Fsp3) is 0.778. The molecule has 0 aromatic rings. The number of aliphatic carboxylic acids is 2. The third kappa shape index (κ3) is 1.37. The van der Waals surface area contributed by atoms with Gasteiger partial charge in [0.2, 0.25) is 0 Å². The normalized spacial score (nSPS) is 42.4. The molecule has 80 valence electrons. The van der Waals surface area contributed by atoms with Crippen molar-refractivity contribution in [1.29, 1.82) is 0 Å². The molecule has 14 heavy (non-hydrogen) atoms. The zero-order valence-corrected chi connectivity index (χ0v) is 8.28. The average Bonchev–Trinajstić information content (AvgIpc) is 2.25. The topological polar surface area (TPSA) is 101 Å². The summed E-state index contributed by atoms with van der Waals surface area (Å²) in [5.41, 5.74) is 3.29. The molecule has 4 N–H and O–H groups in total. The zero-order chi connectivity index (χ0) is 11.1. The van der Waals surface area contributed by atoms with Crippen LogP contribution in [-0.2, 0) is 9.59 Å². The quantitative estimate of drug-likeness (QED) is 0.596. The minimum Gasteiger partial charge on any atom is -0.481 e. The number of hydrogen-bond acceptors (Lipinski definition) is 3. The molecule has 0 aromatic heterocycles. The summed E-state index contributed by atoms with van der Waals surface area (Å²) in [6, 6.07) is 0. The van der Waals surface area contributed by atoms with Crippen LogP contribution in [0.3, 0.4) is 0 Å². The first kappa shape index (κ1) is 11.0. The second-order valence-corrected chi connectivity index (χ2v) is 4.49. The second-order valence-electron chi connectivity index (χ2n) is 4.49. The Bertz CT molecular complexity index is 291. The van der Waals surface area contributed by atoms with Crippen molar-refractivity contribution in [1.82, 2.24) is 0 Å². The highest BCUT2D eigenvalue weighted by atomic mass is 16.4. The minimum absolute atomic E-state index is 0.00810. The van der Waals surface area contributed by atoms with Gasteiger partial charge in [0.05, 0.1) is 5.41 Å². The molecule has 5 nitrogen and oxygen atoms in total. The fourth-order valence-electron chi connectivity index (χ4n) is 2.20. The van der Waals surface area contributed by atoms with E-state index in [1.165, 1.54) is 0 Å². The van der Waals surface area contributed by atoms with Gasteiger partial charge in [-0.15, -0.1) is 0 Å². The smallest absolute Gasteiger partial charge is 0.323 e. The van der Waals surface area contributed by atoms with Gasteiger partial charge in [0.15, 0.2) is 0 Å². The van der Waals surface area contributed by atoms with Gasteiger partial charge in [-0.1, -0.05) is 6.92 Å². The molecule has 0 heterocycles. The first-order valence-electron chi connectivity index (χ1n) is 4.48. The van der Waals surface area contributed by atoms with Gasteiger partial charge in [-0.05, 0) is 25.7 Å². The van der Waals surface area contributed by atoms with E-state index in [2.05, 4.69) is 0 Å². The van der Waals surface area contributed by atoms with Crippen LogP contribution < -0.4 is 5.73 Å². The lowest BCUT2D eigenvalue weighted by molar-refractivity contribution is -0.148. The fourth-order valence-corrected chi connectivity index (χ4v) is 2.20. The van der Waals surface area contributed by atoms with E-state index in [1.54, 1.807) is 13.8 Å². The van der Waals surface area contributed by atoms with Gasteiger partial charge >= 0.3 is 11.9 Å². The highest BCUT2D eigenvalue weighted by Crippen LogP contribution is 2.46. The lowest BCUT2D eigenvalue weighted by Gasteiger charge is -2.24. The van der Waals surface area contributed by atoms with Crippen LogP contribution in [0.2, 0.25) is 0 Å². The van der Waals surface area contributed by atoms with Crippen LogP contribution in [-0.4, -0.2) is 27.7 Å². The third-order valence-corrected chi connectivity index (χ3v) is 3.23. The lowest BCUT2D eigenvalue weighted by Crippen LogP contribution is -2.50. The molecular weight excluding hydrogens is 186 g/mol. The van der Waals surface area contributed by atoms with Gasteiger partial charge in [-0.3, -0.25) is 9.59 Å². The zero-order valence-electron chi connectivity index (χ0n) is 8.28. The highest BCUT2D eigenvalue weighted by molar-refractivity contribution is 5.83. The summed E-state index contributed by atoms with van der Waals surface area (Å²) in [5, 5.41) is 17.9. The van der Waals surface area contributed by atoms with Gasteiger partial charge in [0.25, 0.3) is 0 Å². The van der Waals surface area contributed by atoms with Crippen LogP contribution in [0.1, 0.15) is 26.7 Å². The van der Waals surface area contributed by atoms with E-state index in [0.29, 0.717) is 6.42 Å². The van der Waals surface area contributed by atoms with E-state index < -0.39 is 22.9 Å². The highest BCUT2D eigenvalue weighted by Gasteiger charge is 2.56. The average molecular weight is 201 g/mol. The molecule has 0 aliphatic heterocycles. The van der Waals surface area contributed by atoms with Crippen LogP contribution in [0.25, 0.3) is 0 Å². The first-order chi connectivity index (χ1) is 6.22. The number of hydrogen-bond donors (Lipinski definition) is 3. The first-order valence-corrected chi connectivity index (χ1v) is 4.48. The van der Waals surface area contributed by atoms with Crippen molar-refractivity contribution in [3.05, 3.63) is 0 Å². The number of rotatable bonds is 2.